The third-order valence-corrected chi connectivity index (χ3v) is 3.74. The first-order valence-electron chi connectivity index (χ1n) is 7.94. The molecule has 1 aromatic carbocycles. The van der Waals surface area contributed by atoms with Crippen LogP contribution >= 0.6 is 0 Å². The van der Waals surface area contributed by atoms with Gasteiger partial charge in [-0.1, -0.05) is 12.1 Å². The maximum atomic E-state index is 12.0. The van der Waals surface area contributed by atoms with Crippen molar-refractivity contribution < 1.29 is 14.3 Å². The predicted octanol–water partition coefficient (Wildman–Crippen LogP) is 1.56. The Labute approximate surface area is 144 Å². The lowest BCUT2D eigenvalue weighted by molar-refractivity contribution is -0.116. The molecule has 0 fully saturated rings. The summed E-state index contributed by atoms with van der Waals surface area (Å²) < 4.78 is 14.9. The van der Waals surface area contributed by atoms with E-state index in [0.717, 1.165) is 11.5 Å². The Kier molecular flexibility index (Phi) is 4.07. The lowest BCUT2D eigenvalue weighted by atomic mass is 10.2. The number of rotatable bonds is 5. The molecule has 0 aliphatic carbocycles. The van der Waals surface area contributed by atoms with E-state index in [1.165, 1.54) is 0 Å². The van der Waals surface area contributed by atoms with Crippen LogP contribution in [0.2, 0.25) is 0 Å². The Morgan fingerprint density at radius 1 is 1.20 bits per heavy atom. The maximum absolute atomic E-state index is 12.0. The van der Waals surface area contributed by atoms with Gasteiger partial charge in [0, 0.05) is 18.6 Å². The fourth-order valence-corrected chi connectivity index (χ4v) is 2.63. The van der Waals surface area contributed by atoms with Crippen molar-refractivity contribution in [3.05, 3.63) is 55.1 Å². The van der Waals surface area contributed by atoms with E-state index < -0.39 is 0 Å². The third-order valence-electron chi connectivity index (χ3n) is 3.74. The second-order valence-corrected chi connectivity index (χ2v) is 5.70. The SMILES string of the molecule is O=C(Cn1cccn1)Nc1cnn(C[C@@H]2COc3ccccc3O2)c1. The minimum Gasteiger partial charge on any atom is -0.486 e. The smallest absolute Gasteiger partial charge is 0.246 e. The molecule has 3 aromatic rings. The van der Waals surface area contributed by atoms with Crippen molar-refractivity contribution in [1.82, 2.24) is 19.6 Å². The van der Waals surface area contributed by atoms with E-state index >= 15 is 0 Å². The van der Waals surface area contributed by atoms with E-state index in [-0.39, 0.29) is 18.6 Å². The number of nitrogens with one attached hydrogen (secondary N) is 1. The van der Waals surface area contributed by atoms with Crippen LogP contribution in [0.1, 0.15) is 0 Å². The summed E-state index contributed by atoms with van der Waals surface area (Å²) >= 11 is 0. The zero-order valence-corrected chi connectivity index (χ0v) is 13.4. The molecule has 1 amide bonds. The number of para-hydroxylation sites is 2. The minimum absolute atomic E-state index is 0.137. The van der Waals surface area contributed by atoms with Crippen LogP contribution in [0, 0.1) is 0 Å². The van der Waals surface area contributed by atoms with Gasteiger partial charge in [0.05, 0.1) is 18.4 Å². The van der Waals surface area contributed by atoms with Gasteiger partial charge in [-0.15, -0.1) is 0 Å². The van der Waals surface area contributed by atoms with E-state index in [4.69, 9.17) is 9.47 Å². The van der Waals surface area contributed by atoms with E-state index in [2.05, 4.69) is 15.5 Å². The number of hydrogen-bond acceptors (Lipinski definition) is 5. The average Bonchev–Trinajstić information content (AvgIpc) is 3.27. The highest BCUT2D eigenvalue weighted by Gasteiger charge is 2.21. The van der Waals surface area contributed by atoms with Crippen molar-refractivity contribution in [2.24, 2.45) is 0 Å². The number of aromatic nitrogens is 4. The highest BCUT2D eigenvalue weighted by Crippen LogP contribution is 2.31. The van der Waals surface area contributed by atoms with Crippen molar-refractivity contribution in [2.45, 2.75) is 19.2 Å². The van der Waals surface area contributed by atoms with E-state index in [0.29, 0.717) is 18.8 Å². The number of carbonyl (C=O) groups excluding carboxylic acids is 1. The summed E-state index contributed by atoms with van der Waals surface area (Å²) in [4.78, 5) is 12.0. The molecule has 1 N–H and O–H groups in total. The Morgan fingerprint density at radius 2 is 2.08 bits per heavy atom. The van der Waals surface area contributed by atoms with Crippen LogP contribution in [-0.2, 0) is 17.9 Å². The van der Waals surface area contributed by atoms with Gasteiger partial charge in [-0.3, -0.25) is 14.2 Å². The third kappa shape index (κ3) is 3.63. The summed E-state index contributed by atoms with van der Waals surface area (Å²) in [6.45, 7) is 1.15. The number of benzene rings is 1. The molecule has 1 aliphatic heterocycles. The summed E-state index contributed by atoms with van der Waals surface area (Å²) in [6.07, 6.45) is 6.61. The minimum atomic E-state index is -0.158. The molecule has 4 rings (SSSR count). The largest absolute Gasteiger partial charge is 0.486 e. The van der Waals surface area contributed by atoms with E-state index in [1.807, 2.05) is 24.3 Å². The van der Waals surface area contributed by atoms with Crippen LogP contribution in [0.5, 0.6) is 11.5 Å². The first-order valence-corrected chi connectivity index (χ1v) is 7.94. The van der Waals surface area contributed by atoms with Gasteiger partial charge < -0.3 is 14.8 Å². The van der Waals surface area contributed by atoms with Crippen LogP contribution in [0.25, 0.3) is 0 Å². The van der Waals surface area contributed by atoms with Crippen molar-refractivity contribution in [3.63, 3.8) is 0 Å². The summed E-state index contributed by atoms with van der Waals surface area (Å²) in [6, 6.07) is 9.36. The zero-order valence-electron chi connectivity index (χ0n) is 13.4. The second-order valence-electron chi connectivity index (χ2n) is 5.70. The molecule has 1 aliphatic rings. The van der Waals surface area contributed by atoms with Crippen molar-refractivity contribution >= 4 is 11.6 Å². The van der Waals surface area contributed by atoms with Crippen LogP contribution in [-0.4, -0.2) is 38.2 Å². The monoisotopic (exact) mass is 339 g/mol. The van der Waals surface area contributed by atoms with Gasteiger partial charge >= 0.3 is 0 Å². The lowest BCUT2D eigenvalue weighted by Crippen LogP contribution is -2.33. The van der Waals surface area contributed by atoms with Crippen LogP contribution < -0.4 is 14.8 Å². The van der Waals surface area contributed by atoms with Crippen LogP contribution in [0.15, 0.2) is 55.1 Å². The molecule has 0 spiro atoms. The number of amides is 1. The first kappa shape index (κ1) is 15.3. The molecule has 0 saturated heterocycles. The molecule has 0 saturated carbocycles. The average molecular weight is 339 g/mol. The highest BCUT2D eigenvalue weighted by molar-refractivity contribution is 5.90. The molecule has 128 valence electrons. The number of fused-ring (bicyclic) bond motifs is 1. The van der Waals surface area contributed by atoms with Gasteiger partial charge in [-0.05, 0) is 18.2 Å². The van der Waals surface area contributed by atoms with Gasteiger partial charge in [-0.2, -0.15) is 10.2 Å². The molecule has 2 aromatic heterocycles. The lowest BCUT2D eigenvalue weighted by Gasteiger charge is -2.26. The van der Waals surface area contributed by atoms with E-state index in [9.17, 15) is 4.79 Å². The number of hydrogen-bond donors (Lipinski definition) is 1. The highest BCUT2D eigenvalue weighted by atomic mass is 16.6. The molecular formula is C17H17N5O3. The zero-order chi connectivity index (χ0) is 17.1. The van der Waals surface area contributed by atoms with Gasteiger partial charge in [0.15, 0.2) is 17.6 Å². The molecule has 0 bridgehead atoms. The van der Waals surface area contributed by atoms with Gasteiger partial charge in [-0.25, -0.2) is 0 Å². The predicted molar refractivity (Wildman–Crippen MR) is 89.4 cm³/mol. The Balaban J connectivity index is 1.33. The molecule has 25 heavy (non-hydrogen) atoms. The summed E-state index contributed by atoms with van der Waals surface area (Å²) in [5.41, 5.74) is 0.634. The van der Waals surface area contributed by atoms with Crippen molar-refractivity contribution in [3.8, 4) is 11.5 Å². The van der Waals surface area contributed by atoms with Crippen molar-refractivity contribution in [1.29, 1.82) is 0 Å². The Bertz CT molecular complexity index is 859. The topological polar surface area (TPSA) is 83.2 Å². The van der Waals surface area contributed by atoms with Crippen molar-refractivity contribution in [2.75, 3.05) is 11.9 Å². The molecular weight excluding hydrogens is 322 g/mol. The number of ether oxygens (including phenoxy) is 2. The fourth-order valence-electron chi connectivity index (χ4n) is 2.63. The van der Waals surface area contributed by atoms with Crippen LogP contribution in [0.4, 0.5) is 5.69 Å². The quantitative estimate of drug-likeness (QED) is 0.763. The van der Waals surface area contributed by atoms with Gasteiger partial charge in [0.2, 0.25) is 5.91 Å². The normalized spacial score (nSPS) is 15.8. The maximum Gasteiger partial charge on any atom is 0.246 e. The van der Waals surface area contributed by atoms with Gasteiger partial charge in [0.1, 0.15) is 13.2 Å². The first-order chi connectivity index (χ1) is 12.3. The van der Waals surface area contributed by atoms with E-state index in [1.54, 1.807) is 40.2 Å². The molecule has 3 heterocycles. The number of nitrogens with zero attached hydrogens (tertiary/aromatic N) is 4. The van der Waals surface area contributed by atoms with Crippen LogP contribution in [0.3, 0.4) is 0 Å². The molecule has 0 unspecified atom stereocenters. The Hall–Kier alpha value is -3.29. The Morgan fingerprint density at radius 3 is 2.92 bits per heavy atom. The molecule has 1 atom stereocenters. The molecule has 0 radical (unpaired) electrons. The summed E-state index contributed by atoms with van der Waals surface area (Å²) in [5, 5.41) is 11.1. The molecule has 8 nitrogen and oxygen atoms in total. The number of carbonyl (C=O) groups is 1. The van der Waals surface area contributed by atoms with Gasteiger partial charge in [0.25, 0.3) is 0 Å². The summed E-state index contributed by atoms with van der Waals surface area (Å²) in [5.74, 6) is 1.33. The second kappa shape index (κ2) is 6.68. The molecule has 8 heteroatoms. The standard InChI is InChI=1S/C17H17N5O3/c23-17(11-21-7-3-6-18-21)20-13-8-19-22(9-13)10-14-12-24-15-4-1-2-5-16(15)25-14/h1-9,14H,10-12H2,(H,20,23)/t14-/m1/s1. The number of anilines is 1. The fraction of sp³-hybridized carbons (Fsp3) is 0.235. The summed E-state index contributed by atoms with van der Waals surface area (Å²) in [7, 11) is 0.